The van der Waals surface area contributed by atoms with Crippen molar-refractivity contribution in [3.05, 3.63) is 16.4 Å². The van der Waals surface area contributed by atoms with Crippen LogP contribution < -0.4 is 0 Å². The van der Waals surface area contributed by atoms with Gasteiger partial charge in [0.15, 0.2) is 0 Å². The fourth-order valence-corrected chi connectivity index (χ4v) is 0.780. The van der Waals surface area contributed by atoms with Crippen molar-refractivity contribution in [2.24, 2.45) is 7.05 Å². The first-order valence-electron chi connectivity index (χ1n) is 2.33. The van der Waals surface area contributed by atoms with Gasteiger partial charge in [0.1, 0.15) is 16.2 Å². The molecule has 0 fully saturated rings. The highest BCUT2D eigenvalue weighted by Crippen LogP contribution is 2.12. The maximum absolute atomic E-state index is 8.40. The molecule has 3 nitrogen and oxygen atoms in total. The van der Waals surface area contributed by atoms with Crippen LogP contribution in [0.1, 0.15) is 5.56 Å². The van der Waals surface area contributed by atoms with E-state index < -0.39 is 0 Å². The minimum absolute atomic E-state index is 0.567. The van der Waals surface area contributed by atoms with Crippen molar-refractivity contribution in [3.8, 4) is 6.07 Å². The molecule has 1 heterocycles. The molecule has 0 spiro atoms. The van der Waals surface area contributed by atoms with Crippen LogP contribution in [0.5, 0.6) is 0 Å². The van der Waals surface area contributed by atoms with Crippen molar-refractivity contribution < 1.29 is 0 Å². The molecule has 0 aliphatic heterocycles. The Morgan fingerprint density at radius 2 is 2.56 bits per heavy atom. The molecule has 1 aromatic heterocycles. The van der Waals surface area contributed by atoms with Gasteiger partial charge in [0.2, 0.25) is 0 Å². The molecule has 9 heavy (non-hydrogen) atoms. The van der Waals surface area contributed by atoms with Gasteiger partial charge in [-0.15, -0.1) is 0 Å². The van der Waals surface area contributed by atoms with Crippen molar-refractivity contribution >= 4 is 15.9 Å². The predicted molar refractivity (Wildman–Crippen MR) is 35.6 cm³/mol. The van der Waals surface area contributed by atoms with Crippen molar-refractivity contribution in [3.63, 3.8) is 0 Å². The molecule has 0 atom stereocenters. The summed E-state index contributed by atoms with van der Waals surface area (Å²) in [4.78, 5) is 0. The highest BCUT2D eigenvalue weighted by molar-refractivity contribution is 9.10. The van der Waals surface area contributed by atoms with Gasteiger partial charge >= 0.3 is 0 Å². The molecule has 0 aromatic carbocycles. The number of aryl methyl sites for hydroxylation is 1. The minimum Gasteiger partial charge on any atom is -0.260 e. The van der Waals surface area contributed by atoms with Gasteiger partial charge in [-0.05, 0) is 15.9 Å². The summed E-state index contributed by atoms with van der Waals surface area (Å²) >= 11 is 3.19. The van der Waals surface area contributed by atoms with Gasteiger partial charge in [-0.25, -0.2) is 0 Å². The van der Waals surface area contributed by atoms with E-state index in [1.54, 1.807) is 11.7 Å². The lowest BCUT2D eigenvalue weighted by Gasteiger charge is -1.87. The van der Waals surface area contributed by atoms with Crippen molar-refractivity contribution in [1.82, 2.24) is 9.78 Å². The Labute approximate surface area is 61.0 Å². The largest absolute Gasteiger partial charge is 0.260 e. The summed E-state index contributed by atoms with van der Waals surface area (Å²) in [6.07, 6.45) is 1.52. The number of halogens is 1. The molecule has 1 aromatic rings. The van der Waals surface area contributed by atoms with Gasteiger partial charge in [-0.3, -0.25) is 4.68 Å². The summed E-state index contributed by atoms with van der Waals surface area (Å²) in [7, 11) is 1.77. The van der Waals surface area contributed by atoms with Crippen molar-refractivity contribution in [1.29, 1.82) is 5.26 Å². The third-order valence-electron chi connectivity index (χ3n) is 0.987. The maximum atomic E-state index is 8.40. The molecule has 0 radical (unpaired) electrons. The van der Waals surface area contributed by atoms with Crippen molar-refractivity contribution in [2.45, 2.75) is 0 Å². The zero-order valence-corrected chi connectivity index (χ0v) is 6.38. The molecule has 0 aliphatic carbocycles. The predicted octanol–water partition coefficient (Wildman–Crippen LogP) is 1.05. The SMILES string of the molecule is Cn1ncc(C#N)c1Br. The summed E-state index contributed by atoms with van der Waals surface area (Å²) in [5.74, 6) is 0. The number of rotatable bonds is 0. The zero-order valence-electron chi connectivity index (χ0n) is 4.80. The summed E-state index contributed by atoms with van der Waals surface area (Å²) in [5, 5.41) is 12.2. The summed E-state index contributed by atoms with van der Waals surface area (Å²) < 4.78 is 2.32. The van der Waals surface area contributed by atoms with Crippen LogP contribution in [-0.2, 0) is 7.05 Å². The molecule has 46 valence electrons. The normalized spacial score (nSPS) is 9.00. The third kappa shape index (κ3) is 0.958. The van der Waals surface area contributed by atoms with Crippen LogP contribution in [0, 0.1) is 11.3 Å². The fourth-order valence-electron chi connectivity index (χ4n) is 0.498. The molecule has 0 unspecified atom stereocenters. The number of hydrogen-bond donors (Lipinski definition) is 0. The Balaban J connectivity index is 3.24. The van der Waals surface area contributed by atoms with E-state index in [9.17, 15) is 0 Å². The smallest absolute Gasteiger partial charge is 0.121 e. The summed E-state index contributed by atoms with van der Waals surface area (Å²) in [5.41, 5.74) is 0.567. The van der Waals surface area contributed by atoms with Crippen LogP contribution in [0.15, 0.2) is 10.8 Å². The molecule has 0 saturated carbocycles. The monoisotopic (exact) mass is 185 g/mol. The van der Waals surface area contributed by atoms with E-state index in [0.717, 1.165) is 4.60 Å². The first-order chi connectivity index (χ1) is 4.25. The Morgan fingerprint density at radius 3 is 2.78 bits per heavy atom. The van der Waals surface area contributed by atoms with Crippen molar-refractivity contribution in [2.75, 3.05) is 0 Å². The molecule has 0 bridgehead atoms. The van der Waals surface area contributed by atoms with Gasteiger partial charge in [0.05, 0.1) is 6.20 Å². The molecule has 0 N–H and O–H groups in total. The second kappa shape index (κ2) is 2.19. The molecule has 1 rings (SSSR count). The van der Waals surface area contributed by atoms with Gasteiger partial charge in [0.25, 0.3) is 0 Å². The second-order valence-corrected chi connectivity index (χ2v) is 2.34. The lowest BCUT2D eigenvalue weighted by Crippen LogP contribution is -1.88. The van der Waals surface area contributed by atoms with Crippen LogP contribution >= 0.6 is 15.9 Å². The van der Waals surface area contributed by atoms with E-state index in [1.165, 1.54) is 6.20 Å². The molecule has 0 aliphatic rings. The first kappa shape index (κ1) is 6.30. The molecular weight excluding hydrogens is 182 g/mol. The molecular formula is C5H4BrN3. The Bertz CT molecular complexity index is 258. The topological polar surface area (TPSA) is 41.6 Å². The fraction of sp³-hybridized carbons (Fsp3) is 0.200. The highest BCUT2D eigenvalue weighted by atomic mass is 79.9. The van der Waals surface area contributed by atoms with Crippen LogP contribution in [0.4, 0.5) is 0 Å². The van der Waals surface area contributed by atoms with Gasteiger partial charge in [-0.1, -0.05) is 0 Å². The quantitative estimate of drug-likeness (QED) is 0.607. The van der Waals surface area contributed by atoms with Crippen LogP contribution in [-0.4, -0.2) is 9.78 Å². The molecule has 0 amide bonds. The van der Waals surface area contributed by atoms with Gasteiger partial charge < -0.3 is 0 Å². The van der Waals surface area contributed by atoms with E-state index in [2.05, 4.69) is 21.0 Å². The summed E-state index contributed by atoms with van der Waals surface area (Å²) in [6.45, 7) is 0. The lowest BCUT2D eigenvalue weighted by molar-refractivity contribution is 0.749. The van der Waals surface area contributed by atoms with E-state index in [0.29, 0.717) is 5.56 Å². The van der Waals surface area contributed by atoms with Crippen LogP contribution in [0.2, 0.25) is 0 Å². The number of hydrogen-bond acceptors (Lipinski definition) is 2. The Hall–Kier alpha value is -0.820. The van der Waals surface area contributed by atoms with Gasteiger partial charge in [-0.2, -0.15) is 10.4 Å². The average molecular weight is 186 g/mol. The maximum Gasteiger partial charge on any atom is 0.121 e. The number of nitriles is 1. The Kier molecular flexibility index (Phi) is 1.54. The number of aromatic nitrogens is 2. The first-order valence-corrected chi connectivity index (χ1v) is 3.12. The zero-order chi connectivity index (χ0) is 6.85. The second-order valence-electron chi connectivity index (χ2n) is 1.58. The van der Waals surface area contributed by atoms with E-state index in [1.807, 2.05) is 6.07 Å². The number of nitrogens with zero attached hydrogens (tertiary/aromatic N) is 3. The van der Waals surface area contributed by atoms with Gasteiger partial charge in [0, 0.05) is 7.05 Å². The van der Waals surface area contributed by atoms with Crippen LogP contribution in [0.3, 0.4) is 0 Å². The van der Waals surface area contributed by atoms with E-state index in [-0.39, 0.29) is 0 Å². The summed E-state index contributed by atoms with van der Waals surface area (Å²) in [6, 6.07) is 1.99. The highest BCUT2D eigenvalue weighted by Gasteiger charge is 2.01. The van der Waals surface area contributed by atoms with Crippen LogP contribution in [0.25, 0.3) is 0 Å². The third-order valence-corrected chi connectivity index (χ3v) is 1.93. The minimum atomic E-state index is 0.567. The van der Waals surface area contributed by atoms with E-state index >= 15 is 0 Å². The average Bonchev–Trinajstić information content (AvgIpc) is 2.15. The Morgan fingerprint density at radius 1 is 1.89 bits per heavy atom. The standard InChI is InChI=1S/C5H4BrN3/c1-9-5(6)4(2-7)3-8-9/h3H,1H3. The lowest BCUT2D eigenvalue weighted by atomic mass is 10.4. The molecule has 4 heteroatoms. The molecule has 0 saturated heterocycles. The van der Waals surface area contributed by atoms with E-state index in [4.69, 9.17) is 5.26 Å².